The molecular formula is C23H27N3O2. The molecule has 5 nitrogen and oxygen atoms in total. The Bertz CT molecular complexity index is 944. The molecule has 0 aliphatic rings. The number of hydrogen-bond donors (Lipinski definition) is 2. The Labute approximate surface area is 165 Å². The Balaban J connectivity index is 2.07. The molecule has 3 N–H and O–H groups in total. The lowest BCUT2D eigenvalue weighted by Gasteiger charge is -2.13. The Hall–Kier alpha value is -3.08. The van der Waals surface area contributed by atoms with Crippen LogP contribution in [0.3, 0.4) is 0 Å². The van der Waals surface area contributed by atoms with E-state index in [2.05, 4.69) is 16.5 Å². The number of carbonyl (C=O) groups excluding carboxylic acids is 1. The molecule has 0 radical (unpaired) electrons. The molecule has 0 aliphatic heterocycles. The number of aromatic hydroxyl groups is 1. The minimum Gasteiger partial charge on any atom is -0.508 e. The Kier molecular flexibility index (Phi) is 6.14. The molecule has 2 heterocycles. The number of phenolic OH excluding ortho intramolecular Hbond substituents is 1. The third-order valence-electron chi connectivity index (χ3n) is 5.13. The van der Waals surface area contributed by atoms with E-state index < -0.39 is 5.91 Å². The number of aromatic nitrogens is 2. The summed E-state index contributed by atoms with van der Waals surface area (Å²) in [5.74, 6) is -0.155. The molecule has 2 aromatic heterocycles. The van der Waals surface area contributed by atoms with Crippen molar-refractivity contribution in [1.29, 1.82) is 0 Å². The first kappa shape index (κ1) is 19.7. The summed E-state index contributed by atoms with van der Waals surface area (Å²) in [6, 6.07) is 13.0. The monoisotopic (exact) mass is 377 g/mol. The lowest BCUT2D eigenvalue weighted by Crippen LogP contribution is -2.14. The van der Waals surface area contributed by atoms with Crippen LogP contribution in [0.25, 0.3) is 11.3 Å². The molecule has 0 spiro atoms. The topological polar surface area (TPSA) is 81.1 Å². The lowest BCUT2D eigenvalue weighted by atomic mass is 10.0. The van der Waals surface area contributed by atoms with E-state index in [0.29, 0.717) is 5.56 Å². The molecule has 0 saturated heterocycles. The number of amides is 1. The van der Waals surface area contributed by atoms with Crippen molar-refractivity contribution in [3.8, 4) is 17.0 Å². The number of nitrogens with zero attached hydrogens (tertiary/aromatic N) is 2. The smallest absolute Gasteiger partial charge is 0.251 e. The number of nitrogens with two attached hydrogens (primary N) is 1. The van der Waals surface area contributed by atoms with E-state index in [-0.39, 0.29) is 5.75 Å². The van der Waals surface area contributed by atoms with Crippen molar-refractivity contribution in [3.63, 3.8) is 0 Å². The third kappa shape index (κ3) is 4.09. The van der Waals surface area contributed by atoms with Crippen LogP contribution in [0.5, 0.6) is 5.75 Å². The van der Waals surface area contributed by atoms with Gasteiger partial charge in [0.15, 0.2) is 0 Å². The predicted octanol–water partition coefficient (Wildman–Crippen LogP) is 4.25. The fourth-order valence-corrected chi connectivity index (χ4v) is 3.70. The second kappa shape index (κ2) is 8.74. The van der Waals surface area contributed by atoms with Gasteiger partial charge in [0.25, 0.3) is 5.91 Å². The molecule has 0 saturated carbocycles. The Morgan fingerprint density at radius 3 is 2.50 bits per heavy atom. The van der Waals surface area contributed by atoms with Gasteiger partial charge in [0, 0.05) is 29.7 Å². The van der Waals surface area contributed by atoms with Gasteiger partial charge in [-0.25, -0.2) is 0 Å². The quantitative estimate of drug-likeness (QED) is 0.616. The summed E-state index contributed by atoms with van der Waals surface area (Å²) in [6.45, 7) is 4.85. The van der Waals surface area contributed by atoms with Gasteiger partial charge in [0.2, 0.25) is 0 Å². The molecule has 28 heavy (non-hydrogen) atoms. The summed E-state index contributed by atoms with van der Waals surface area (Å²) >= 11 is 0. The van der Waals surface area contributed by atoms with Gasteiger partial charge in [-0.1, -0.05) is 31.5 Å². The molecule has 0 bridgehead atoms. The molecule has 0 unspecified atom stereocenters. The number of pyridine rings is 1. The summed E-state index contributed by atoms with van der Waals surface area (Å²) in [4.78, 5) is 16.8. The molecule has 3 aromatic rings. The van der Waals surface area contributed by atoms with Gasteiger partial charge >= 0.3 is 0 Å². The van der Waals surface area contributed by atoms with Gasteiger partial charge in [-0.15, -0.1) is 0 Å². The van der Waals surface area contributed by atoms with E-state index in [1.807, 2.05) is 37.3 Å². The van der Waals surface area contributed by atoms with Crippen LogP contribution in [0.2, 0.25) is 0 Å². The SMILES string of the molecule is CCCCc1c(-c2ccccn2)c(C(N)=O)c(C)n1CCc1ccc(O)cc1. The second-order valence-electron chi connectivity index (χ2n) is 7.03. The highest BCUT2D eigenvalue weighted by Crippen LogP contribution is 2.33. The van der Waals surface area contributed by atoms with Crippen molar-refractivity contribution >= 4 is 5.91 Å². The zero-order chi connectivity index (χ0) is 20.1. The van der Waals surface area contributed by atoms with Crippen LogP contribution in [-0.4, -0.2) is 20.6 Å². The minimum atomic E-state index is -0.417. The van der Waals surface area contributed by atoms with E-state index >= 15 is 0 Å². The molecule has 1 aromatic carbocycles. The number of phenols is 1. The fourth-order valence-electron chi connectivity index (χ4n) is 3.70. The van der Waals surface area contributed by atoms with Gasteiger partial charge in [-0.2, -0.15) is 0 Å². The summed E-state index contributed by atoms with van der Waals surface area (Å²) < 4.78 is 2.21. The number of primary amides is 1. The van der Waals surface area contributed by atoms with Crippen LogP contribution in [0.1, 0.15) is 47.1 Å². The maximum Gasteiger partial charge on any atom is 0.251 e. The van der Waals surface area contributed by atoms with Crippen LogP contribution >= 0.6 is 0 Å². The zero-order valence-corrected chi connectivity index (χ0v) is 16.5. The maximum atomic E-state index is 12.3. The van der Waals surface area contributed by atoms with Crippen LogP contribution < -0.4 is 5.73 Å². The minimum absolute atomic E-state index is 0.262. The average molecular weight is 377 g/mol. The number of hydrogen-bond acceptors (Lipinski definition) is 3. The Morgan fingerprint density at radius 1 is 1.14 bits per heavy atom. The van der Waals surface area contributed by atoms with Gasteiger partial charge in [-0.3, -0.25) is 9.78 Å². The van der Waals surface area contributed by atoms with Crippen molar-refractivity contribution in [1.82, 2.24) is 9.55 Å². The molecule has 0 atom stereocenters. The van der Waals surface area contributed by atoms with Gasteiger partial charge in [0.1, 0.15) is 5.75 Å². The van der Waals surface area contributed by atoms with E-state index in [1.54, 1.807) is 18.3 Å². The third-order valence-corrected chi connectivity index (χ3v) is 5.13. The van der Waals surface area contributed by atoms with Crippen LogP contribution in [0, 0.1) is 6.92 Å². The zero-order valence-electron chi connectivity index (χ0n) is 16.5. The van der Waals surface area contributed by atoms with Crippen molar-refractivity contribution in [2.75, 3.05) is 0 Å². The van der Waals surface area contributed by atoms with Crippen molar-refractivity contribution in [2.24, 2.45) is 5.73 Å². The molecular weight excluding hydrogens is 350 g/mol. The van der Waals surface area contributed by atoms with Crippen molar-refractivity contribution in [3.05, 3.63) is 71.2 Å². The molecule has 0 aliphatic carbocycles. The number of carbonyl (C=O) groups is 1. The fraction of sp³-hybridized carbons (Fsp3) is 0.304. The summed E-state index contributed by atoms with van der Waals surface area (Å²) in [5, 5.41) is 9.49. The molecule has 146 valence electrons. The predicted molar refractivity (Wildman–Crippen MR) is 111 cm³/mol. The number of benzene rings is 1. The van der Waals surface area contributed by atoms with E-state index in [9.17, 15) is 9.90 Å². The molecule has 0 fully saturated rings. The summed E-state index contributed by atoms with van der Waals surface area (Å²) in [7, 11) is 0. The van der Waals surface area contributed by atoms with E-state index in [4.69, 9.17) is 5.73 Å². The normalized spacial score (nSPS) is 10.9. The molecule has 5 heteroatoms. The van der Waals surface area contributed by atoms with E-state index in [0.717, 1.165) is 60.4 Å². The lowest BCUT2D eigenvalue weighted by molar-refractivity contribution is 0.1000. The molecule has 3 rings (SSSR count). The van der Waals surface area contributed by atoms with Crippen LogP contribution in [0.4, 0.5) is 0 Å². The number of rotatable bonds is 8. The highest BCUT2D eigenvalue weighted by atomic mass is 16.3. The van der Waals surface area contributed by atoms with Crippen LogP contribution in [0.15, 0.2) is 48.7 Å². The first-order chi connectivity index (χ1) is 13.5. The van der Waals surface area contributed by atoms with E-state index in [1.165, 1.54) is 0 Å². The maximum absolute atomic E-state index is 12.3. The van der Waals surface area contributed by atoms with Crippen molar-refractivity contribution in [2.45, 2.75) is 46.1 Å². The second-order valence-corrected chi connectivity index (χ2v) is 7.03. The number of unbranched alkanes of at least 4 members (excludes halogenated alkanes) is 1. The summed E-state index contributed by atoms with van der Waals surface area (Å²) in [5.41, 5.74) is 11.1. The molecule has 1 amide bonds. The highest BCUT2D eigenvalue weighted by molar-refractivity contribution is 6.01. The largest absolute Gasteiger partial charge is 0.508 e. The average Bonchev–Trinajstić information content (AvgIpc) is 2.98. The summed E-state index contributed by atoms with van der Waals surface area (Å²) in [6.07, 6.45) is 5.50. The highest BCUT2D eigenvalue weighted by Gasteiger charge is 2.25. The van der Waals surface area contributed by atoms with Crippen molar-refractivity contribution < 1.29 is 9.90 Å². The first-order valence-electron chi connectivity index (χ1n) is 9.74. The number of aryl methyl sites for hydroxylation is 1. The standard InChI is InChI=1S/C23H27N3O2/c1-3-4-8-20-22(19-7-5-6-14-25-19)21(23(24)28)16(2)26(20)15-13-17-9-11-18(27)12-10-17/h5-7,9-12,14,27H,3-4,8,13,15H2,1-2H3,(H2,24,28). The van der Waals surface area contributed by atoms with Gasteiger partial charge in [-0.05, 0) is 56.0 Å². The van der Waals surface area contributed by atoms with Gasteiger partial charge in [0.05, 0.1) is 11.3 Å². The first-order valence-corrected chi connectivity index (χ1v) is 9.74. The Morgan fingerprint density at radius 2 is 1.89 bits per heavy atom. The van der Waals surface area contributed by atoms with Crippen LogP contribution in [-0.2, 0) is 19.4 Å². The van der Waals surface area contributed by atoms with Gasteiger partial charge < -0.3 is 15.4 Å².